The van der Waals surface area contributed by atoms with Crippen LogP contribution in [-0.2, 0) is 11.3 Å². The predicted octanol–water partition coefficient (Wildman–Crippen LogP) is -0.00110. The van der Waals surface area contributed by atoms with E-state index in [9.17, 15) is 4.79 Å². The van der Waals surface area contributed by atoms with E-state index in [1.807, 2.05) is 10.8 Å². The van der Waals surface area contributed by atoms with Crippen LogP contribution in [0.3, 0.4) is 0 Å². The van der Waals surface area contributed by atoms with Gasteiger partial charge < -0.3 is 15.2 Å². The van der Waals surface area contributed by atoms with E-state index in [1.165, 1.54) is 0 Å². The molecule has 1 aromatic heterocycles. The van der Waals surface area contributed by atoms with E-state index >= 15 is 0 Å². The van der Waals surface area contributed by atoms with Gasteiger partial charge in [-0.3, -0.25) is 4.79 Å². The molecule has 2 rings (SSSR count). The maximum Gasteiger partial charge on any atom is 0.220 e. The van der Waals surface area contributed by atoms with Crippen molar-refractivity contribution in [2.24, 2.45) is 5.92 Å². The minimum Gasteiger partial charge on any atom is -0.354 e. The first-order valence-corrected chi connectivity index (χ1v) is 5.78. The topological polar surface area (TPSA) is 59.0 Å². The number of nitrogens with one attached hydrogen (secondary N) is 2. The summed E-state index contributed by atoms with van der Waals surface area (Å²) in [5, 5.41) is 6.20. The Morgan fingerprint density at radius 2 is 2.56 bits per heavy atom. The third kappa shape index (κ3) is 3.34. The molecular formula is C11H18N4O. The summed E-state index contributed by atoms with van der Waals surface area (Å²) in [4.78, 5) is 15.5. The highest BCUT2D eigenvalue weighted by atomic mass is 16.1. The Morgan fingerprint density at radius 3 is 3.25 bits per heavy atom. The lowest BCUT2D eigenvalue weighted by Crippen LogP contribution is -2.29. The molecule has 0 aliphatic carbocycles. The molecule has 1 amide bonds. The molecule has 1 atom stereocenters. The van der Waals surface area contributed by atoms with Crippen molar-refractivity contribution in [3.63, 3.8) is 0 Å². The van der Waals surface area contributed by atoms with Crippen molar-refractivity contribution in [1.29, 1.82) is 0 Å². The third-order valence-corrected chi connectivity index (χ3v) is 2.89. The van der Waals surface area contributed by atoms with Crippen LogP contribution >= 0.6 is 0 Å². The zero-order valence-electron chi connectivity index (χ0n) is 9.35. The number of nitrogens with zero attached hydrogens (tertiary/aromatic N) is 2. The summed E-state index contributed by atoms with van der Waals surface area (Å²) in [5.74, 6) is 0.682. The molecule has 16 heavy (non-hydrogen) atoms. The number of hydrogen-bond donors (Lipinski definition) is 2. The standard InChI is InChI=1S/C11H18N4O/c16-11(7-10-1-2-12-8-10)14-4-6-15-5-3-13-9-15/h3,5,9-10,12H,1-2,4,6-8H2,(H,14,16). The Hall–Kier alpha value is -1.36. The first-order valence-electron chi connectivity index (χ1n) is 5.78. The van der Waals surface area contributed by atoms with Crippen molar-refractivity contribution in [2.45, 2.75) is 19.4 Å². The van der Waals surface area contributed by atoms with Gasteiger partial charge in [-0.05, 0) is 25.4 Å². The molecule has 1 aliphatic rings. The normalized spacial score (nSPS) is 19.9. The van der Waals surface area contributed by atoms with Gasteiger partial charge in [0.05, 0.1) is 6.33 Å². The second-order valence-corrected chi connectivity index (χ2v) is 4.21. The second-order valence-electron chi connectivity index (χ2n) is 4.21. The van der Waals surface area contributed by atoms with Gasteiger partial charge in [0.1, 0.15) is 0 Å². The number of aromatic nitrogens is 2. The van der Waals surface area contributed by atoms with Crippen molar-refractivity contribution >= 4 is 5.91 Å². The van der Waals surface area contributed by atoms with E-state index in [2.05, 4.69) is 15.6 Å². The van der Waals surface area contributed by atoms with Gasteiger partial charge >= 0.3 is 0 Å². The Bertz CT molecular complexity index is 317. The highest BCUT2D eigenvalue weighted by Gasteiger charge is 2.17. The van der Waals surface area contributed by atoms with E-state index < -0.39 is 0 Å². The van der Waals surface area contributed by atoms with E-state index in [1.54, 1.807) is 12.5 Å². The van der Waals surface area contributed by atoms with Gasteiger partial charge in [0.15, 0.2) is 0 Å². The summed E-state index contributed by atoms with van der Waals surface area (Å²) in [6, 6.07) is 0. The van der Waals surface area contributed by atoms with Crippen LogP contribution in [0.1, 0.15) is 12.8 Å². The molecule has 2 N–H and O–H groups in total. The van der Waals surface area contributed by atoms with Crippen molar-refractivity contribution in [3.8, 4) is 0 Å². The van der Waals surface area contributed by atoms with E-state index in [0.29, 0.717) is 18.9 Å². The monoisotopic (exact) mass is 222 g/mol. The molecule has 5 heteroatoms. The minimum absolute atomic E-state index is 0.161. The van der Waals surface area contributed by atoms with Gasteiger partial charge in [-0.1, -0.05) is 0 Å². The lowest BCUT2D eigenvalue weighted by Gasteiger charge is -2.09. The molecule has 2 heterocycles. The lowest BCUT2D eigenvalue weighted by atomic mass is 10.0. The molecule has 0 spiro atoms. The Morgan fingerprint density at radius 1 is 1.62 bits per heavy atom. The summed E-state index contributed by atoms with van der Waals surface area (Å²) in [6.45, 7) is 3.49. The van der Waals surface area contributed by atoms with Gasteiger partial charge in [-0.15, -0.1) is 0 Å². The first-order chi connectivity index (χ1) is 7.84. The number of amides is 1. The number of hydrogen-bond acceptors (Lipinski definition) is 3. The molecule has 0 aromatic carbocycles. The molecule has 0 saturated carbocycles. The highest BCUT2D eigenvalue weighted by Crippen LogP contribution is 2.11. The van der Waals surface area contributed by atoms with Gasteiger partial charge in [0.2, 0.25) is 5.91 Å². The molecule has 1 aromatic rings. The molecule has 0 bridgehead atoms. The SMILES string of the molecule is O=C(CC1CCNC1)NCCn1ccnc1. The maximum absolute atomic E-state index is 11.6. The van der Waals surface area contributed by atoms with Crippen LogP contribution in [0.15, 0.2) is 18.7 Å². The molecule has 1 fully saturated rings. The molecule has 5 nitrogen and oxygen atoms in total. The summed E-state index contributed by atoms with van der Waals surface area (Å²) in [7, 11) is 0. The molecule has 1 aliphatic heterocycles. The molecule has 0 radical (unpaired) electrons. The van der Waals surface area contributed by atoms with E-state index in [4.69, 9.17) is 0 Å². The van der Waals surface area contributed by atoms with E-state index in [-0.39, 0.29) is 5.91 Å². The van der Waals surface area contributed by atoms with Crippen LogP contribution in [0.2, 0.25) is 0 Å². The average Bonchev–Trinajstić information content (AvgIpc) is 2.90. The van der Waals surface area contributed by atoms with Crippen molar-refractivity contribution in [3.05, 3.63) is 18.7 Å². The average molecular weight is 222 g/mol. The van der Waals surface area contributed by atoms with Gasteiger partial charge in [0.25, 0.3) is 0 Å². The number of rotatable bonds is 5. The fourth-order valence-corrected chi connectivity index (χ4v) is 1.97. The van der Waals surface area contributed by atoms with Crippen LogP contribution in [0.25, 0.3) is 0 Å². The Labute approximate surface area is 95.2 Å². The third-order valence-electron chi connectivity index (χ3n) is 2.89. The predicted molar refractivity (Wildman–Crippen MR) is 60.8 cm³/mol. The van der Waals surface area contributed by atoms with Gasteiger partial charge in [0, 0.05) is 31.9 Å². The molecule has 1 saturated heterocycles. The quantitative estimate of drug-likeness (QED) is 0.737. The van der Waals surface area contributed by atoms with Crippen molar-refractivity contribution in [2.75, 3.05) is 19.6 Å². The fraction of sp³-hybridized carbons (Fsp3) is 0.636. The highest BCUT2D eigenvalue weighted by molar-refractivity contribution is 5.76. The first kappa shape index (κ1) is 11.1. The van der Waals surface area contributed by atoms with Gasteiger partial charge in [-0.2, -0.15) is 0 Å². The minimum atomic E-state index is 0.161. The molecule has 88 valence electrons. The zero-order chi connectivity index (χ0) is 11.2. The fourth-order valence-electron chi connectivity index (χ4n) is 1.97. The summed E-state index contributed by atoms with van der Waals surface area (Å²) >= 11 is 0. The Balaban J connectivity index is 1.60. The van der Waals surface area contributed by atoms with E-state index in [0.717, 1.165) is 26.1 Å². The smallest absolute Gasteiger partial charge is 0.220 e. The van der Waals surface area contributed by atoms with Crippen LogP contribution < -0.4 is 10.6 Å². The second kappa shape index (κ2) is 5.65. The van der Waals surface area contributed by atoms with Crippen LogP contribution in [0.5, 0.6) is 0 Å². The summed E-state index contributed by atoms with van der Waals surface area (Å²) in [6.07, 6.45) is 7.16. The Kier molecular flexibility index (Phi) is 3.93. The van der Waals surface area contributed by atoms with Crippen molar-refractivity contribution < 1.29 is 4.79 Å². The summed E-state index contributed by atoms with van der Waals surface area (Å²) < 4.78 is 1.96. The molecular weight excluding hydrogens is 204 g/mol. The van der Waals surface area contributed by atoms with Crippen LogP contribution in [0, 0.1) is 5.92 Å². The number of carbonyl (C=O) groups excluding carboxylic acids is 1. The number of imidazole rings is 1. The van der Waals surface area contributed by atoms with Crippen molar-refractivity contribution in [1.82, 2.24) is 20.2 Å². The maximum atomic E-state index is 11.6. The molecule has 1 unspecified atom stereocenters. The largest absolute Gasteiger partial charge is 0.354 e. The lowest BCUT2D eigenvalue weighted by molar-refractivity contribution is -0.121. The summed E-state index contributed by atoms with van der Waals surface area (Å²) in [5.41, 5.74) is 0. The van der Waals surface area contributed by atoms with Crippen LogP contribution in [-0.4, -0.2) is 35.1 Å². The number of carbonyl (C=O) groups is 1. The van der Waals surface area contributed by atoms with Crippen LogP contribution in [0.4, 0.5) is 0 Å². The zero-order valence-corrected chi connectivity index (χ0v) is 9.35. The van der Waals surface area contributed by atoms with Gasteiger partial charge in [-0.25, -0.2) is 4.98 Å².